The largest absolute Gasteiger partial charge is 0.496 e. The molecule has 0 aliphatic carbocycles. The van der Waals surface area contributed by atoms with E-state index in [4.69, 9.17) is 10.1 Å². The Labute approximate surface area is 156 Å². The van der Waals surface area contributed by atoms with Crippen LogP contribution in [0.15, 0.2) is 29.4 Å². The number of rotatable bonds is 6. The first-order valence-electron chi connectivity index (χ1n) is 8.21. The van der Waals surface area contributed by atoms with Crippen molar-refractivity contribution >= 4 is 11.5 Å². The zero-order valence-electron chi connectivity index (χ0n) is 15.0. The molecule has 1 aliphatic heterocycles. The van der Waals surface area contributed by atoms with Crippen LogP contribution in [-0.4, -0.2) is 48.2 Å². The molecule has 28 heavy (non-hydrogen) atoms. The number of hydrogen-bond donors (Lipinski definition) is 1. The number of methoxy groups -OCH3 is 1. The zero-order chi connectivity index (χ0) is 21.3. The molecule has 0 radical (unpaired) electrons. The molecule has 1 aromatic carbocycles. The maximum atomic E-state index is 13.4. The van der Waals surface area contributed by atoms with Crippen LogP contribution in [0.1, 0.15) is 25.3 Å². The van der Waals surface area contributed by atoms with E-state index >= 15 is 0 Å². The van der Waals surface area contributed by atoms with Gasteiger partial charge in [-0.25, -0.2) is 0 Å². The molecular formula is C17H18F7N3O. The molecule has 0 saturated carbocycles. The number of alkyl halides is 7. The van der Waals surface area contributed by atoms with Crippen molar-refractivity contribution < 1.29 is 35.5 Å². The van der Waals surface area contributed by atoms with Crippen molar-refractivity contribution in [1.82, 2.24) is 5.01 Å². The summed E-state index contributed by atoms with van der Waals surface area (Å²) in [7, 11) is 1.45. The second kappa shape index (κ2) is 7.59. The average Bonchev–Trinajstić information content (AvgIpc) is 3.00. The molecular weight excluding hydrogens is 395 g/mol. The van der Waals surface area contributed by atoms with Crippen molar-refractivity contribution in [2.45, 2.75) is 37.8 Å². The van der Waals surface area contributed by atoms with Gasteiger partial charge in [-0.15, -0.1) is 0 Å². The summed E-state index contributed by atoms with van der Waals surface area (Å²) in [6.07, 6.45) is -9.20. The Morgan fingerprint density at radius 1 is 1.18 bits per heavy atom. The number of nitrogens with zero attached hydrogens (tertiary/aromatic N) is 2. The number of halogens is 7. The SMILES string of the molecule is COc1ccccc1C1=NN(C(=N)CCC(F)(F)C(F)(F)C(F)(F)F)CC1C. The smallest absolute Gasteiger partial charge is 0.459 e. The van der Waals surface area contributed by atoms with E-state index in [1.165, 1.54) is 7.11 Å². The van der Waals surface area contributed by atoms with E-state index in [0.29, 0.717) is 17.0 Å². The van der Waals surface area contributed by atoms with Gasteiger partial charge in [0, 0.05) is 24.3 Å². The van der Waals surface area contributed by atoms with E-state index < -0.39 is 36.7 Å². The second-order valence-electron chi connectivity index (χ2n) is 6.39. The van der Waals surface area contributed by atoms with Gasteiger partial charge in [-0.05, 0) is 12.1 Å². The molecule has 0 bridgehead atoms. The third-order valence-electron chi connectivity index (χ3n) is 4.33. The molecule has 0 aromatic heterocycles. The summed E-state index contributed by atoms with van der Waals surface area (Å²) in [6.45, 7) is 1.86. The fourth-order valence-electron chi connectivity index (χ4n) is 2.73. The van der Waals surface area contributed by atoms with Gasteiger partial charge in [0.05, 0.1) is 19.4 Å². The summed E-state index contributed by atoms with van der Waals surface area (Å²) in [4.78, 5) is 0. The van der Waals surface area contributed by atoms with Crippen LogP contribution in [0.25, 0.3) is 0 Å². The van der Waals surface area contributed by atoms with Gasteiger partial charge in [0.15, 0.2) is 0 Å². The van der Waals surface area contributed by atoms with Gasteiger partial charge >= 0.3 is 18.0 Å². The number of nitrogens with one attached hydrogen (secondary N) is 1. The second-order valence-corrected chi connectivity index (χ2v) is 6.39. The van der Waals surface area contributed by atoms with Gasteiger partial charge in [0.1, 0.15) is 11.6 Å². The van der Waals surface area contributed by atoms with Crippen LogP contribution in [0.5, 0.6) is 5.75 Å². The Morgan fingerprint density at radius 3 is 2.36 bits per heavy atom. The van der Waals surface area contributed by atoms with Crippen molar-refractivity contribution in [2.75, 3.05) is 13.7 Å². The molecule has 4 nitrogen and oxygen atoms in total. The van der Waals surface area contributed by atoms with Crippen LogP contribution in [0.4, 0.5) is 30.7 Å². The number of amidine groups is 1. The first-order chi connectivity index (χ1) is 12.8. The first-order valence-corrected chi connectivity index (χ1v) is 8.21. The highest BCUT2D eigenvalue weighted by Crippen LogP contribution is 2.48. The molecule has 0 spiro atoms. The third kappa shape index (κ3) is 4.07. The Morgan fingerprint density at radius 2 is 1.79 bits per heavy atom. The van der Waals surface area contributed by atoms with Gasteiger partial charge in [0.25, 0.3) is 0 Å². The van der Waals surface area contributed by atoms with E-state index in [-0.39, 0.29) is 12.5 Å². The van der Waals surface area contributed by atoms with Crippen LogP contribution in [0, 0.1) is 11.3 Å². The first kappa shape index (κ1) is 22.0. The minimum Gasteiger partial charge on any atom is -0.496 e. The lowest BCUT2D eigenvalue weighted by Gasteiger charge is -2.28. The molecule has 2 rings (SSSR count). The number of benzene rings is 1. The lowest BCUT2D eigenvalue weighted by molar-refractivity contribution is -0.355. The lowest BCUT2D eigenvalue weighted by atomic mass is 9.98. The number of para-hydroxylation sites is 1. The van der Waals surface area contributed by atoms with Crippen molar-refractivity contribution in [1.29, 1.82) is 5.41 Å². The molecule has 0 fully saturated rings. The van der Waals surface area contributed by atoms with Crippen LogP contribution in [-0.2, 0) is 0 Å². The van der Waals surface area contributed by atoms with Crippen LogP contribution >= 0.6 is 0 Å². The van der Waals surface area contributed by atoms with Gasteiger partial charge in [-0.3, -0.25) is 10.4 Å². The van der Waals surface area contributed by atoms with E-state index in [1.807, 2.05) is 0 Å². The summed E-state index contributed by atoms with van der Waals surface area (Å²) in [6, 6.07) is 6.84. The van der Waals surface area contributed by atoms with Crippen LogP contribution < -0.4 is 4.74 Å². The average molecular weight is 413 g/mol. The fraction of sp³-hybridized carbons (Fsp3) is 0.529. The Hall–Kier alpha value is -2.33. The molecule has 11 heteroatoms. The molecule has 0 amide bonds. The summed E-state index contributed by atoms with van der Waals surface area (Å²) >= 11 is 0. The Balaban J connectivity index is 2.13. The van der Waals surface area contributed by atoms with Crippen molar-refractivity contribution in [3.63, 3.8) is 0 Å². The summed E-state index contributed by atoms with van der Waals surface area (Å²) in [5.41, 5.74) is 1.11. The number of ether oxygens (including phenoxy) is 1. The van der Waals surface area contributed by atoms with Gasteiger partial charge < -0.3 is 4.74 Å². The van der Waals surface area contributed by atoms with E-state index in [1.54, 1.807) is 31.2 Å². The van der Waals surface area contributed by atoms with Gasteiger partial charge in [-0.2, -0.15) is 35.8 Å². The predicted octanol–water partition coefficient (Wildman–Crippen LogP) is 4.94. The number of hydrazone groups is 1. The molecule has 156 valence electrons. The Bertz CT molecular complexity index is 761. The summed E-state index contributed by atoms with van der Waals surface area (Å²) in [5, 5.41) is 13.0. The van der Waals surface area contributed by atoms with Crippen LogP contribution in [0.2, 0.25) is 0 Å². The molecule has 0 saturated heterocycles. The molecule has 1 N–H and O–H groups in total. The quantitative estimate of drug-likeness (QED) is 0.408. The highest BCUT2D eigenvalue weighted by atomic mass is 19.4. The monoisotopic (exact) mass is 413 g/mol. The van der Waals surface area contributed by atoms with Crippen molar-refractivity contribution in [2.24, 2.45) is 11.0 Å². The van der Waals surface area contributed by atoms with Crippen molar-refractivity contribution in [3.05, 3.63) is 29.8 Å². The fourth-order valence-corrected chi connectivity index (χ4v) is 2.73. The van der Waals surface area contributed by atoms with Gasteiger partial charge in [0.2, 0.25) is 0 Å². The molecule has 1 heterocycles. The topological polar surface area (TPSA) is 48.7 Å². The normalized spacial score (nSPS) is 18.2. The van der Waals surface area contributed by atoms with Crippen molar-refractivity contribution in [3.8, 4) is 5.75 Å². The Kier molecular flexibility index (Phi) is 5.95. The summed E-state index contributed by atoms with van der Waals surface area (Å²) in [5.74, 6) is -11.8. The minimum atomic E-state index is -6.38. The maximum Gasteiger partial charge on any atom is 0.459 e. The minimum absolute atomic E-state index is 0.105. The molecule has 1 atom stereocenters. The maximum absolute atomic E-state index is 13.4. The number of hydrogen-bond acceptors (Lipinski definition) is 3. The highest BCUT2D eigenvalue weighted by Gasteiger charge is 2.72. The predicted molar refractivity (Wildman–Crippen MR) is 88.3 cm³/mol. The summed E-state index contributed by atoms with van der Waals surface area (Å²) < 4.78 is 94.6. The lowest BCUT2D eigenvalue weighted by Crippen LogP contribution is -2.52. The van der Waals surface area contributed by atoms with E-state index in [0.717, 1.165) is 5.01 Å². The third-order valence-corrected chi connectivity index (χ3v) is 4.33. The van der Waals surface area contributed by atoms with E-state index in [2.05, 4.69) is 5.10 Å². The zero-order valence-corrected chi connectivity index (χ0v) is 15.0. The standard InChI is InChI=1S/C17H18F7N3O/c1-10-9-27(26-14(10)11-5-3-4-6-12(11)28-2)13(25)7-8-15(18,19)16(20,21)17(22,23)24/h3-6,10,25H,7-9H2,1-2H3. The highest BCUT2D eigenvalue weighted by molar-refractivity contribution is 6.06. The van der Waals surface area contributed by atoms with E-state index in [9.17, 15) is 30.7 Å². The van der Waals surface area contributed by atoms with Crippen LogP contribution in [0.3, 0.4) is 0 Å². The molecule has 1 aliphatic rings. The molecule has 1 aromatic rings. The van der Waals surface area contributed by atoms with Gasteiger partial charge in [-0.1, -0.05) is 19.1 Å². The molecule has 1 unspecified atom stereocenters.